The summed E-state index contributed by atoms with van der Waals surface area (Å²) < 4.78 is 75.0. The van der Waals surface area contributed by atoms with Crippen LogP contribution in [0.25, 0.3) is 10.9 Å². The van der Waals surface area contributed by atoms with Gasteiger partial charge in [-0.05, 0) is 129 Å². The van der Waals surface area contributed by atoms with Crippen LogP contribution < -0.4 is 47.3 Å². The number of aliphatic hydroxyl groups excluding tert-OH is 1. The Hall–Kier alpha value is -11.6. The van der Waals surface area contributed by atoms with E-state index in [4.69, 9.17) is 28.8 Å². The summed E-state index contributed by atoms with van der Waals surface area (Å²) in [5.74, 6) is -14.7. The van der Waals surface area contributed by atoms with Gasteiger partial charge in [0.1, 0.15) is 60.1 Å². The standard InChI is InChI=1S/C83H106FN15O17.C2HF3O2/c1-50-77(107)92-67(44-88-73(104)24-30-114-32-33-115-31-29-99(4,5)6)79(109)90-65-37-54-10-8-11-55(34-54)42-86-75(106)49-116-71-23-28-97-76(71)70(102)41-63(51(2)100)78(108)91-66(36-52-13-17-62(113-7)18-14-52)81(111)98-27-9-25-83(98,3)82(112)85-26-22-53-12-15-56(43-87-72(103)20-21-74(105)89-50)58(35-53)46-96-48-61(93-94-96)47-95-45-59(38-57(80(97)110)39-69(65)101)64-40-60(84)16-19-68(64)95;3-2(4,5)1(6)7/h8,10-19,34-35,40,45,48,50-51,57,63,65-67,71,76,100H,9,20-33,36-39,41-44,46-47,49H2,1-7H3,(H7-,85,86,87,88,89,90,91,92,103,104,105,106,107,108,109,112);(H,6,7)/p+1/t50-,51+,57+,63-,65-,66-,67+,71-,76+,83-;/m0./s1. The van der Waals surface area contributed by atoms with Crippen LogP contribution in [0.4, 0.5) is 17.6 Å². The number of likely N-dealkylation sites (N-methyl/N-ethyl adjacent to an activating group) is 1. The maximum Gasteiger partial charge on any atom is 0.490 e. The van der Waals surface area contributed by atoms with Crippen molar-refractivity contribution < 1.29 is 114 Å². The number of hydrogen-bond donors (Lipinski definition) is 10. The van der Waals surface area contributed by atoms with Crippen molar-refractivity contribution in [1.29, 1.82) is 0 Å². The molecule has 5 aliphatic rings. The fraction of sp³-hybridized carbons (Fsp3) is 0.518. The number of aliphatic hydroxyl groups is 1. The molecule has 10 N–H and O–H groups in total. The number of nitrogens with zero attached hydrogens (tertiary/aromatic N) is 7. The van der Waals surface area contributed by atoms with Gasteiger partial charge in [0.2, 0.25) is 59.1 Å². The molecule has 664 valence electrons. The molecule has 11 rings (SSSR count). The summed E-state index contributed by atoms with van der Waals surface area (Å²) in [6.07, 6.45) is -6.70. The zero-order valence-corrected chi connectivity index (χ0v) is 69.8. The van der Waals surface area contributed by atoms with E-state index in [1.165, 1.54) is 42.9 Å². The van der Waals surface area contributed by atoms with Crippen LogP contribution in [0.2, 0.25) is 0 Å². The molecule has 10 amide bonds. The molecule has 0 aliphatic carbocycles. The molecule has 38 heteroatoms. The normalized spacial score (nSPS) is 23.4. The lowest BCUT2D eigenvalue weighted by atomic mass is 9.87. The number of carbonyl (C=O) groups is 13. The predicted molar refractivity (Wildman–Crippen MR) is 433 cm³/mol. The number of halogens is 4. The molecule has 7 heterocycles. The number of ether oxygens (including phenoxy) is 4. The molecule has 0 spiro atoms. The first-order valence-corrected chi connectivity index (χ1v) is 40.9. The largest absolute Gasteiger partial charge is 0.497 e. The average Bonchev–Trinajstić information content (AvgIpc) is 1.66. The Balaban J connectivity index is 0.00000217. The van der Waals surface area contributed by atoms with E-state index in [2.05, 4.69) is 52.8 Å². The molecule has 123 heavy (non-hydrogen) atoms. The average molecular weight is 1720 g/mol. The van der Waals surface area contributed by atoms with Gasteiger partial charge in [0.25, 0.3) is 0 Å². The Morgan fingerprint density at radius 2 is 1.43 bits per heavy atom. The topological polar surface area (TPSA) is 438 Å². The summed E-state index contributed by atoms with van der Waals surface area (Å²) >= 11 is 0. The molecular weight excluding hydrogens is 1610 g/mol. The number of nitrogens with one attached hydrogen (secondary N) is 8. The van der Waals surface area contributed by atoms with Gasteiger partial charge in [-0.2, -0.15) is 13.2 Å². The second-order valence-corrected chi connectivity index (χ2v) is 32.7. The van der Waals surface area contributed by atoms with Crippen molar-refractivity contribution in [2.45, 2.75) is 178 Å². The predicted octanol–water partition coefficient (Wildman–Crippen LogP) is 1.95. The van der Waals surface area contributed by atoms with E-state index >= 15 is 33.2 Å². The summed E-state index contributed by atoms with van der Waals surface area (Å²) in [6, 6.07) is 15.6. The smallest absolute Gasteiger partial charge is 0.490 e. The number of Topliss-reactive ketones (excluding diaryl/α,β-unsaturated/α-hetero) is 2. The maximum absolute atomic E-state index is 16.4. The highest BCUT2D eigenvalue weighted by atomic mass is 19.4. The Bertz CT molecular complexity index is 4840. The van der Waals surface area contributed by atoms with E-state index < -0.39 is 174 Å². The van der Waals surface area contributed by atoms with Gasteiger partial charge in [0.05, 0.1) is 98.1 Å². The minimum absolute atomic E-state index is 0.0209. The number of quaternary nitrogens is 1. The van der Waals surface area contributed by atoms with Gasteiger partial charge in [-0.1, -0.05) is 59.8 Å². The zero-order valence-electron chi connectivity index (χ0n) is 69.8. The van der Waals surface area contributed by atoms with E-state index in [1.807, 2.05) is 39.3 Å². The highest BCUT2D eigenvalue weighted by molar-refractivity contribution is 6.00. The number of fused-ring (bicyclic) bond motifs is 7. The third-order valence-corrected chi connectivity index (χ3v) is 22.3. The molecule has 0 unspecified atom stereocenters. The van der Waals surface area contributed by atoms with E-state index in [-0.39, 0.29) is 123 Å². The van der Waals surface area contributed by atoms with Crippen molar-refractivity contribution in [3.8, 4) is 5.75 Å². The number of amides is 10. The molecule has 2 aromatic heterocycles. The molecule has 4 aromatic carbocycles. The molecular formula is C85H108F4N15O19+. The fourth-order valence-electron chi connectivity index (χ4n) is 15.5. The molecule has 2 saturated heterocycles. The number of alkyl halides is 3. The SMILES string of the molecule is COc1ccc(C[C@@H]2NC(=O)[C@H]([C@@H](C)O)CC(=O)[C@@H]3[C@@H]4CCN3C(=O)[C@H]3CC(=O)[C@H](Cc5cccc(c5)CNC(=O)CO4)NC(=O)[C@@H](CNC(=O)CCOCCOCC[N+](C)(C)C)NC(=O)[C@H](C)NC(=O)CCC(=O)NCc4ccc(cc4Cn4cc(nn4)Cn4cc(c5cc(F)ccc54)C3)CCNC(=O)[C@]3(C)CCCN3C2=O)cc1.O=C(O)C(F)(F)F. The van der Waals surface area contributed by atoms with Crippen LogP contribution in [-0.4, -0.2) is 269 Å². The monoisotopic (exact) mass is 1720 g/mol. The van der Waals surface area contributed by atoms with E-state index in [0.29, 0.717) is 73.2 Å². The van der Waals surface area contributed by atoms with Crippen molar-refractivity contribution in [1.82, 2.24) is 71.9 Å². The number of methoxy groups -OCH3 is 1. The van der Waals surface area contributed by atoms with Crippen LogP contribution in [0.3, 0.4) is 0 Å². The first-order valence-electron chi connectivity index (χ1n) is 40.9. The summed E-state index contributed by atoms with van der Waals surface area (Å²) in [6.45, 7) is 4.80. The highest BCUT2D eigenvalue weighted by Crippen LogP contribution is 2.35. The minimum Gasteiger partial charge on any atom is -0.497 e. The molecule has 13 bridgehead atoms. The van der Waals surface area contributed by atoms with Gasteiger partial charge in [-0.3, -0.25) is 57.5 Å². The number of rotatable bonds is 15. The first kappa shape index (κ1) is 93.7. The lowest BCUT2D eigenvalue weighted by Crippen LogP contribution is -2.60. The van der Waals surface area contributed by atoms with Crippen LogP contribution in [0.5, 0.6) is 5.75 Å². The summed E-state index contributed by atoms with van der Waals surface area (Å²) in [5.41, 5.74) is 3.50. The molecule has 34 nitrogen and oxygen atoms in total. The minimum atomic E-state index is -5.08. The van der Waals surface area contributed by atoms with Gasteiger partial charge in [0, 0.05) is 101 Å². The number of ketones is 2. The lowest BCUT2D eigenvalue weighted by Gasteiger charge is -2.37. The summed E-state index contributed by atoms with van der Waals surface area (Å²) in [4.78, 5) is 190. The van der Waals surface area contributed by atoms with Crippen molar-refractivity contribution in [3.05, 3.63) is 148 Å². The van der Waals surface area contributed by atoms with E-state index in [1.54, 1.807) is 83.2 Å². The van der Waals surface area contributed by atoms with Crippen molar-refractivity contribution in [2.24, 2.45) is 11.8 Å². The number of aromatic nitrogens is 4. The number of carboxylic acids is 1. The molecule has 10 atom stereocenters. The first-order chi connectivity index (χ1) is 58.4. The van der Waals surface area contributed by atoms with Crippen molar-refractivity contribution in [3.63, 3.8) is 0 Å². The van der Waals surface area contributed by atoms with Crippen LogP contribution >= 0.6 is 0 Å². The van der Waals surface area contributed by atoms with Gasteiger partial charge in [0.15, 0.2) is 11.6 Å². The number of carboxylic acid groups (broad SMARTS) is 1. The van der Waals surface area contributed by atoms with Gasteiger partial charge in [-0.15, -0.1) is 5.10 Å². The lowest BCUT2D eigenvalue weighted by molar-refractivity contribution is -0.870. The highest BCUT2D eigenvalue weighted by Gasteiger charge is 2.50. The molecule has 6 aromatic rings. The van der Waals surface area contributed by atoms with Gasteiger partial charge in [-0.25, -0.2) is 13.9 Å². The molecule has 0 radical (unpaired) electrons. The second kappa shape index (κ2) is 42.5. The Morgan fingerprint density at radius 3 is 2.15 bits per heavy atom. The Labute approximate surface area is 707 Å². The van der Waals surface area contributed by atoms with Crippen LogP contribution in [0.1, 0.15) is 117 Å². The van der Waals surface area contributed by atoms with Crippen LogP contribution in [0, 0.1) is 17.7 Å². The van der Waals surface area contributed by atoms with Crippen LogP contribution in [-0.2, 0) is 128 Å². The number of hydrogen-bond acceptors (Lipinski definition) is 20. The van der Waals surface area contributed by atoms with Gasteiger partial charge < -0.3 is 90.5 Å². The van der Waals surface area contributed by atoms with Crippen molar-refractivity contribution in [2.75, 3.05) is 94.0 Å². The Morgan fingerprint density at radius 1 is 0.715 bits per heavy atom. The summed E-state index contributed by atoms with van der Waals surface area (Å²) in [5, 5.41) is 50.7. The Kier molecular flexibility index (Phi) is 32.3. The number of benzene rings is 4. The zero-order chi connectivity index (χ0) is 89.0. The third kappa shape index (κ3) is 26.2. The van der Waals surface area contributed by atoms with Gasteiger partial charge >= 0.3 is 12.1 Å². The number of carbonyl (C=O) groups excluding carboxylic acids is 12. The van der Waals surface area contributed by atoms with E-state index in [0.717, 1.165) is 12.1 Å². The van der Waals surface area contributed by atoms with Crippen LogP contribution in [0.15, 0.2) is 97.3 Å². The third-order valence-electron chi connectivity index (χ3n) is 22.3. The maximum atomic E-state index is 16.4. The van der Waals surface area contributed by atoms with E-state index in [9.17, 15) is 47.0 Å². The fourth-order valence-corrected chi connectivity index (χ4v) is 15.5. The second-order valence-electron chi connectivity index (χ2n) is 32.7. The number of aliphatic carboxylic acids is 1. The van der Waals surface area contributed by atoms with Crippen molar-refractivity contribution >= 4 is 87.5 Å². The molecule has 2 fully saturated rings. The molecule has 5 aliphatic heterocycles. The molecule has 0 saturated carbocycles. The summed E-state index contributed by atoms with van der Waals surface area (Å²) in [7, 11) is 7.60. The quantitative estimate of drug-likeness (QED) is 0.0399.